The van der Waals surface area contributed by atoms with E-state index in [1.54, 1.807) is 30.5 Å². The first-order valence-corrected chi connectivity index (χ1v) is 8.55. The molecule has 1 aliphatic carbocycles. The summed E-state index contributed by atoms with van der Waals surface area (Å²) in [5.74, 6) is -0.462. The van der Waals surface area contributed by atoms with Gasteiger partial charge in [0.05, 0.1) is 5.39 Å². The maximum atomic E-state index is 12.6. The fraction of sp³-hybridized carbons (Fsp3) is 0.263. The highest BCUT2D eigenvalue weighted by Gasteiger charge is 2.21. The molecule has 2 aromatic heterocycles. The number of hydrogen-bond donors (Lipinski definition) is 2. The summed E-state index contributed by atoms with van der Waals surface area (Å²) in [5.41, 5.74) is 2.30. The molecule has 0 atom stereocenters. The van der Waals surface area contributed by atoms with Crippen LogP contribution in [0, 0.1) is 6.92 Å². The molecule has 1 saturated carbocycles. The van der Waals surface area contributed by atoms with Gasteiger partial charge in [0.15, 0.2) is 0 Å². The molecular weight excluding hydrogens is 332 g/mol. The van der Waals surface area contributed by atoms with Crippen LogP contribution >= 0.6 is 0 Å². The van der Waals surface area contributed by atoms with Crippen LogP contribution in [0.25, 0.3) is 11.0 Å². The van der Waals surface area contributed by atoms with Crippen molar-refractivity contribution in [2.45, 2.75) is 32.2 Å². The van der Waals surface area contributed by atoms with E-state index in [0.717, 1.165) is 24.8 Å². The largest absolute Gasteiger partial charge is 0.349 e. The predicted octanol–water partition coefficient (Wildman–Crippen LogP) is 3.07. The van der Waals surface area contributed by atoms with Gasteiger partial charge < -0.3 is 15.2 Å². The Morgan fingerprint density at radius 1 is 1.19 bits per heavy atom. The summed E-state index contributed by atoms with van der Waals surface area (Å²) in [6.07, 6.45) is 4.78. The topological polar surface area (TPSA) is 97.1 Å². The van der Waals surface area contributed by atoms with Crippen LogP contribution in [-0.4, -0.2) is 28.0 Å². The zero-order valence-electron chi connectivity index (χ0n) is 14.3. The highest BCUT2D eigenvalue weighted by Crippen LogP contribution is 2.22. The van der Waals surface area contributed by atoms with Crippen LogP contribution in [0.3, 0.4) is 0 Å². The first-order valence-electron chi connectivity index (χ1n) is 8.55. The Morgan fingerprint density at radius 2 is 2.04 bits per heavy atom. The quantitative estimate of drug-likeness (QED) is 0.754. The molecule has 2 amide bonds. The highest BCUT2D eigenvalue weighted by molar-refractivity contribution is 6.10. The van der Waals surface area contributed by atoms with Crippen LogP contribution < -0.4 is 10.6 Å². The third-order valence-electron chi connectivity index (χ3n) is 4.65. The van der Waals surface area contributed by atoms with Gasteiger partial charge in [0, 0.05) is 23.5 Å². The SMILES string of the molecule is Cc1ccc(C(=O)NC2CCC2)cc1NC(=O)c1onc2ncccc12. The summed E-state index contributed by atoms with van der Waals surface area (Å²) in [4.78, 5) is 29.0. The van der Waals surface area contributed by atoms with Gasteiger partial charge >= 0.3 is 0 Å². The number of benzene rings is 1. The molecule has 26 heavy (non-hydrogen) atoms. The smallest absolute Gasteiger partial charge is 0.295 e. The molecule has 3 aromatic rings. The molecule has 0 aliphatic heterocycles. The number of aryl methyl sites for hydroxylation is 1. The van der Waals surface area contributed by atoms with Crippen molar-refractivity contribution in [3.05, 3.63) is 53.4 Å². The third kappa shape index (κ3) is 3.03. The van der Waals surface area contributed by atoms with Crippen LogP contribution in [0.4, 0.5) is 5.69 Å². The molecule has 2 heterocycles. The number of amides is 2. The van der Waals surface area contributed by atoms with Gasteiger partial charge in [-0.25, -0.2) is 4.98 Å². The molecule has 0 bridgehead atoms. The number of rotatable bonds is 4. The number of nitrogens with zero attached hydrogens (tertiary/aromatic N) is 2. The van der Waals surface area contributed by atoms with Crippen molar-refractivity contribution in [3.8, 4) is 0 Å². The van der Waals surface area contributed by atoms with Gasteiger partial charge in [-0.15, -0.1) is 0 Å². The minimum Gasteiger partial charge on any atom is -0.349 e. The Morgan fingerprint density at radius 3 is 2.81 bits per heavy atom. The fourth-order valence-corrected chi connectivity index (χ4v) is 2.85. The van der Waals surface area contributed by atoms with Crippen LogP contribution in [0.1, 0.15) is 45.7 Å². The number of fused-ring (bicyclic) bond motifs is 1. The number of carbonyl (C=O) groups is 2. The maximum absolute atomic E-state index is 12.6. The molecule has 1 aliphatic rings. The number of hydrogen-bond acceptors (Lipinski definition) is 5. The average molecular weight is 350 g/mol. The van der Waals surface area contributed by atoms with E-state index in [1.807, 2.05) is 13.0 Å². The third-order valence-corrected chi connectivity index (χ3v) is 4.65. The van der Waals surface area contributed by atoms with Gasteiger partial charge in [0.2, 0.25) is 11.4 Å². The lowest BCUT2D eigenvalue weighted by Crippen LogP contribution is -2.39. The molecule has 1 aromatic carbocycles. The van der Waals surface area contributed by atoms with E-state index in [-0.39, 0.29) is 17.7 Å². The first-order chi connectivity index (χ1) is 12.6. The van der Waals surface area contributed by atoms with Crippen LogP contribution in [0.5, 0.6) is 0 Å². The number of pyridine rings is 1. The summed E-state index contributed by atoms with van der Waals surface area (Å²) in [6.45, 7) is 1.86. The number of anilines is 1. The van der Waals surface area contributed by atoms with Gasteiger partial charge in [-0.1, -0.05) is 11.2 Å². The monoisotopic (exact) mass is 350 g/mol. The van der Waals surface area contributed by atoms with Gasteiger partial charge in [0.25, 0.3) is 11.8 Å². The summed E-state index contributed by atoms with van der Waals surface area (Å²) in [6, 6.07) is 8.95. The van der Waals surface area contributed by atoms with Crippen molar-refractivity contribution in [3.63, 3.8) is 0 Å². The van der Waals surface area contributed by atoms with E-state index in [9.17, 15) is 9.59 Å². The second kappa shape index (κ2) is 6.59. The number of carbonyl (C=O) groups excluding carboxylic acids is 2. The van der Waals surface area contributed by atoms with Crippen LogP contribution in [0.15, 0.2) is 41.1 Å². The van der Waals surface area contributed by atoms with Crippen molar-refractivity contribution >= 4 is 28.5 Å². The van der Waals surface area contributed by atoms with E-state index in [1.165, 1.54) is 0 Å². The van der Waals surface area contributed by atoms with Gasteiger partial charge in [-0.05, 0) is 56.0 Å². The minimum atomic E-state index is -0.430. The zero-order chi connectivity index (χ0) is 18.1. The van der Waals surface area contributed by atoms with Crippen molar-refractivity contribution in [2.75, 3.05) is 5.32 Å². The Labute approximate surface area is 149 Å². The normalized spacial score (nSPS) is 14.0. The lowest BCUT2D eigenvalue weighted by atomic mass is 9.93. The van der Waals surface area contributed by atoms with Crippen LogP contribution in [-0.2, 0) is 0 Å². The molecule has 0 spiro atoms. The molecule has 0 unspecified atom stereocenters. The Bertz CT molecular complexity index is 991. The number of aromatic nitrogens is 2. The second-order valence-corrected chi connectivity index (χ2v) is 6.47. The average Bonchev–Trinajstić information content (AvgIpc) is 3.04. The summed E-state index contributed by atoms with van der Waals surface area (Å²) in [5, 5.41) is 10.1. The van der Waals surface area contributed by atoms with Gasteiger partial charge in [-0.2, -0.15) is 0 Å². The van der Waals surface area contributed by atoms with E-state index < -0.39 is 5.91 Å². The van der Waals surface area contributed by atoms with Crippen molar-refractivity contribution < 1.29 is 14.1 Å². The molecule has 7 heteroatoms. The fourth-order valence-electron chi connectivity index (χ4n) is 2.85. The molecule has 1 fully saturated rings. The predicted molar refractivity (Wildman–Crippen MR) is 96.0 cm³/mol. The van der Waals surface area contributed by atoms with E-state index in [4.69, 9.17) is 4.52 Å². The maximum Gasteiger partial charge on any atom is 0.295 e. The van der Waals surface area contributed by atoms with Crippen LogP contribution in [0.2, 0.25) is 0 Å². The molecule has 4 rings (SSSR count). The van der Waals surface area contributed by atoms with Crippen molar-refractivity contribution in [1.29, 1.82) is 0 Å². The number of nitrogens with one attached hydrogen (secondary N) is 2. The van der Waals surface area contributed by atoms with E-state index in [2.05, 4.69) is 20.8 Å². The summed E-state index contributed by atoms with van der Waals surface area (Å²) < 4.78 is 5.14. The Hall–Kier alpha value is -3.22. The summed E-state index contributed by atoms with van der Waals surface area (Å²) in [7, 11) is 0. The molecule has 0 saturated heterocycles. The Balaban J connectivity index is 1.56. The van der Waals surface area contributed by atoms with Gasteiger partial charge in [-0.3, -0.25) is 9.59 Å². The first kappa shape index (κ1) is 16.3. The standard InChI is InChI=1S/C19H18N4O3/c1-11-7-8-12(18(24)21-13-4-2-5-13)10-15(11)22-19(25)16-14-6-3-9-20-17(14)23-26-16/h3,6-10,13H,2,4-5H2,1H3,(H,21,24)(H,22,25). The minimum absolute atomic E-state index is 0.0943. The van der Waals surface area contributed by atoms with E-state index in [0.29, 0.717) is 22.3 Å². The highest BCUT2D eigenvalue weighted by atomic mass is 16.5. The molecular formula is C19H18N4O3. The summed E-state index contributed by atoms with van der Waals surface area (Å²) >= 11 is 0. The molecule has 2 N–H and O–H groups in total. The molecule has 7 nitrogen and oxygen atoms in total. The molecule has 0 radical (unpaired) electrons. The Kier molecular flexibility index (Phi) is 4.12. The second-order valence-electron chi connectivity index (χ2n) is 6.47. The van der Waals surface area contributed by atoms with Crippen molar-refractivity contribution in [2.24, 2.45) is 0 Å². The van der Waals surface area contributed by atoms with Gasteiger partial charge in [0.1, 0.15) is 0 Å². The molecule has 132 valence electrons. The van der Waals surface area contributed by atoms with Crippen molar-refractivity contribution in [1.82, 2.24) is 15.5 Å². The lowest BCUT2D eigenvalue weighted by Gasteiger charge is -2.26. The lowest BCUT2D eigenvalue weighted by molar-refractivity contribution is 0.0915. The zero-order valence-corrected chi connectivity index (χ0v) is 14.3. The van der Waals surface area contributed by atoms with E-state index >= 15 is 0 Å².